The van der Waals surface area contributed by atoms with Crippen molar-refractivity contribution in [3.63, 3.8) is 0 Å². The number of hydrogen-bond acceptors (Lipinski definition) is 3. The number of carbonyl (C=O) groups is 2. The van der Waals surface area contributed by atoms with Crippen LogP contribution in [0, 0.1) is 23.5 Å². The number of ketones is 2. The van der Waals surface area contributed by atoms with Crippen molar-refractivity contribution in [2.45, 2.75) is 32.6 Å². The van der Waals surface area contributed by atoms with Crippen molar-refractivity contribution in [3.8, 4) is 0 Å². The summed E-state index contributed by atoms with van der Waals surface area (Å²) in [5, 5.41) is 0. The predicted octanol–water partition coefficient (Wildman–Crippen LogP) is 2.68. The van der Waals surface area contributed by atoms with Crippen LogP contribution in [0.3, 0.4) is 0 Å². The van der Waals surface area contributed by atoms with Gasteiger partial charge in [-0.3, -0.25) is 9.59 Å². The molecule has 0 spiro atoms. The summed E-state index contributed by atoms with van der Waals surface area (Å²) in [6, 6.07) is 0. The Bertz CT molecular complexity index is 489. The van der Waals surface area contributed by atoms with Crippen LogP contribution in [0.1, 0.15) is 38.2 Å². The molecule has 1 aromatic rings. The number of hydrogen-bond donors (Lipinski definition) is 0. The number of carbonyl (C=O) groups excluding carboxylic acids is 2. The molecule has 1 aromatic heterocycles. The topological polar surface area (TPSA) is 47.0 Å². The van der Waals surface area contributed by atoms with Gasteiger partial charge in [0.15, 0.2) is 11.6 Å². The Balaban J connectivity index is 3.55. The molecule has 1 rings (SSSR count). The molecule has 0 bridgehead atoms. The fourth-order valence-corrected chi connectivity index (χ4v) is 1.67. The molecule has 1 heterocycles. The molecule has 0 radical (unpaired) electrons. The summed E-state index contributed by atoms with van der Waals surface area (Å²) >= 11 is 0. The van der Waals surface area contributed by atoms with Crippen molar-refractivity contribution >= 4 is 11.6 Å². The zero-order valence-corrected chi connectivity index (χ0v) is 10.3. The van der Waals surface area contributed by atoms with E-state index in [9.17, 15) is 27.2 Å². The molecule has 19 heavy (non-hydrogen) atoms. The number of rotatable bonds is 5. The summed E-state index contributed by atoms with van der Waals surface area (Å²) in [7, 11) is 0. The Kier molecular flexibility index (Phi) is 4.74. The zero-order chi connectivity index (χ0) is 14.7. The van der Waals surface area contributed by atoms with Crippen LogP contribution in [0.4, 0.5) is 17.6 Å². The molecule has 104 valence electrons. The van der Waals surface area contributed by atoms with Gasteiger partial charge < -0.3 is 0 Å². The SMILES string of the molecule is CCC(=O)C(C(=O)CC)c1c(F)c(F)nc(F)c1F. The quantitative estimate of drug-likeness (QED) is 0.472. The van der Waals surface area contributed by atoms with Crippen LogP contribution in [0.2, 0.25) is 0 Å². The van der Waals surface area contributed by atoms with Crippen molar-refractivity contribution in [2.75, 3.05) is 0 Å². The molecule has 0 aliphatic heterocycles. The van der Waals surface area contributed by atoms with Gasteiger partial charge in [-0.25, -0.2) is 8.78 Å². The lowest BCUT2D eigenvalue weighted by atomic mass is 9.88. The van der Waals surface area contributed by atoms with Gasteiger partial charge in [0.1, 0.15) is 17.5 Å². The average Bonchev–Trinajstić information content (AvgIpc) is 2.39. The Morgan fingerprint density at radius 2 is 1.32 bits per heavy atom. The standard InChI is InChI=1S/C12H11F4NO2/c1-3-5(18)7(6(19)4-2)8-9(13)11(15)17-12(16)10(8)14/h7H,3-4H2,1-2H3. The highest BCUT2D eigenvalue weighted by Gasteiger charge is 2.34. The van der Waals surface area contributed by atoms with Crippen LogP contribution in [-0.4, -0.2) is 16.6 Å². The van der Waals surface area contributed by atoms with Gasteiger partial charge in [-0.05, 0) is 0 Å². The number of pyridine rings is 1. The van der Waals surface area contributed by atoms with Crippen LogP contribution in [-0.2, 0) is 9.59 Å². The molecule has 0 N–H and O–H groups in total. The number of nitrogens with zero attached hydrogens (tertiary/aromatic N) is 1. The van der Waals surface area contributed by atoms with Gasteiger partial charge in [-0.1, -0.05) is 13.8 Å². The minimum absolute atomic E-state index is 0.194. The summed E-state index contributed by atoms with van der Waals surface area (Å²) in [5.41, 5.74) is -1.20. The number of aromatic nitrogens is 1. The second kappa shape index (κ2) is 5.90. The van der Waals surface area contributed by atoms with Crippen molar-refractivity contribution in [1.82, 2.24) is 4.98 Å². The summed E-state index contributed by atoms with van der Waals surface area (Å²) in [5.74, 6) is -10.9. The van der Waals surface area contributed by atoms with E-state index < -0.39 is 46.6 Å². The Morgan fingerprint density at radius 1 is 0.947 bits per heavy atom. The minimum Gasteiger partial charge on any atom is -0.299 e. The van der Waals surface area contributed by atoms with Crippen molar-refractivity contribution in [1.29, 1.82) is 0 Å². The highest BCUT2D eigenvalue weighted by Crippen LogP contribution is 2.28. The summed E-state index contributed by atoms with van der Waals surface area (Å²) in [4.78, 5) is 25.6. The maximum absolute atomic E-state index is 13.5. The van der Waals surface area contributed by atoms with Crippen LogP contribution in [0.25, 0.3) is 0 Å². The molecule has 0 saturated carbocycles. The predicted molar refractivity (Wildman–Crippen MR) is 57.4 cm³/mol. The molecule has 0 aliphatic rings. The molecular weight excluding hydrogens is 266 g/mol. The largest absolute Gasteiger partial charge is 0.299 e. The number of halogens is 4. The first-order valence-electron chi connectivity index (χ1n) is 5.60. The van der Waals surface area contributed by atoms with E-state index >= 15 is 0 Å². The van der Waals surface area contributed by atoms with E-state index in [2.05, 4.69) is 4.98 Å². The lowest BCUT2D eigenvalue weighted by Crippen LogP contribution is -2.25. The molecule has 7 heteroatoms. The molecule has 0 atom stereocenters. The van der Waals surface area contributed by atoms with E-state index in [0.29, 0.717) is 0 Å². The molecule has 0 saturated heterocycles. The van der Waals surface area contributed by atoms with Crippen LogP contribution < -0.4 is 0 Å². The Morgan fingerprint density at radius 3 is 1.63 bits per heavy atom. The van der Waals surface area contributed by atoms with E-state index in [-0.39, 0.29) is 12.8 Å². The maximum atomic E-state index is 13.5. The first-order chi connectivity index (χ1) is 8.84. The van der Waals surface area contributed by atoms with Gasteiger partial charge in [0.25, 0.3) is 11.9 Å². The molecular formula is C12H11F4NO2. The number of Topliss-reactive ketones (excluding diaryl/α,β-unsaturated/α-hetero) is 2. The zero-order valence-electron chi connectivity index (χ0n) is 10.3. The third-order valence-corrected chi connectivity index (χ3v) is 2.66. The molecule has 3 nitrogen and oxygen atoms in total. The van der Waals surface area contributed by atoms with Gasteiger partial charge in [-0.15, -0.1) is 0 Å². The van der Waals surface area contributed by atoms with Crippen molar-refractivity contribution in [2.24, 2.45) is 0 Å². The van der Waals surface area contributed by atoms with E-state index in [1.165, 1.54) is 13.8 Å². The van der Waals surface area contributed by atoms with Crippen LogP contribution in [0.15, 0.2) is 0 Å². The Hall–Kier alpha value is -1.79. The van der Waals surface area contributed by atoms with Crippen molar-refractivity contribution < 1.29 is 27.2 Å². The molecule has 0 aliphatic carbocycles. The van der Waals surface area contributed by atoms with Gasteiger partial charge in [0.2, 0.25) is 0 Å². The fourth-order valence-electron chi connectivity index (χ4n) is 1.67. The maximum Gasteiger partial charge on any atom is 0.252 e. The molecule has 0 aromatic carbocycles. The minimum atomic E-state index is -1.88. The van der Waals surface area contributed by atoms with Gasteiger partial charge in [-0.2, -0.15) is 13.8 Å². The second-order valence-corrected chi connectivity index (χ2v) is 3.81. The van der Waals surface area contributed by atoms with Crippen LogP contribution >= 0.6 is 0 Å². The van der Waals surface area contributed by atoms with E-state index in [4.69, 9.17) is 0 Å². The first-order valence-corrected chi connectivity index (χ1v) is 5.60. The lowest BCUT2D eigenvalue weighted by Gasteiger charge is -2.15. The summed E-state index contributed by atoms with van der Waals surface area (Å²) < 4.78 is 53.1. The monoisotopic (exact) mass is 277 g/mol. The highest BCUT2D eigenvalue weighted by atomic mass is 19.2. The lowest BCUT2D eigenvalue weighted by molar-refractivity contribution is -0.129. The van der Waals surface area contributed by atoms with E-state index in [1.807, 2.05) is 0 Å². The summed E-state index contributed by atoms with van der Waals surface area (Å²) in [6.45, 7) is 2.75. The smallest absolute Gasteiger partial charge is 0.252 e. The third kappa shape index (κ3) is 2.80. The first kappa shape index (κ1) is 15.3. The average molecular weight is 277 g/mol. The summed E-state index contributed by atoms with van der Waals surface area (Å²) in [6.07, 6.45) is -0.387. The molecule has 0 amide bonds. The Labute approximate surface area is 106 Å². The second-order valence-electron chi connectivity index (χ2n) is 3.81. The van der Waals surface area contributed by atoms with Gasteiger partial charge in [0, 0.05) is 12.8 Å². The van der Waals surface area contributed by atoms with Gasteiger partial charge >= 0.3 is 0 Å². The van der Waals surface area contributed by atoms with Crippen LogP contribution in [0.5, 0.6) is 0 Å². The molecule has 0 unspecified atom stereocenters. The highest BCUT2D eigenvalue weighted by molar-refractivity contribution is 6.07. The van der Waals surface area contributed by atoms with E-state index in [1.54, 1.807) is 0 Å². The van der Waals surface area contributed by atoms with Gasteiger partial charge in [0.05, 0.1) is 5.56 Å². The van der Waals surface area contributed by atoms with E-state index in [0.717, 1.165) is 0 Å². The normalized spacial score (nSPS) is 10.9. The molecule has 0 fully saturated rings. The third-order valence-electron chi connectivity index (χ3n) is 2.66. The van der Waals surface area contributed by atoms with Crippen molar-refractivity contribution in [3.05, 3.63) is 29.1 Å². The fraction of sp³-hybridized carbons (Fsp3) is 0.417.